The van der Waals surface area contributed by atoms with E-state index in [1.165, 1.54) is 12.1 Å². The van der Waals surface area contributed by atoms with Gasteiger partial charge in [-0.1, -0.05) is 0 Å². The molecule has 0 unspecified atom stereocenters. The molecule has 0 aliphatic carbocycles. The van der Waals surface area contributed by atoms with E-state index in [0.29, 0.717) is 16.3 Å². The van der Waals surface area contributed by atoms with Crippen LogP contribution >= 0.6 is 15.9 Å². The standard InChI is InChI=1S/C7H6BrNO2/c8-6-4(3-10)1-2-5(9)7(6)11/h1-3,11H,9H2. The van der Waals surface area contributed by atoms with Crippen molar-refractivity contribution in [2.24, 2.45) is 0 Å². The summed E-state index contributed by atoms with van der Waals surface area (Å²) in [5, 5.41) is 9.19. The molecule has 0 aromatic heterocycles. The summed E-state index contributed by atoms with van der Waals surface area (Å²) in [4.78, 5) is 10.3. The van der Waals surface area contributed by atoms with Gasteiger partial charge in [0, 0.05) is 5.56 Å². The molecule has 0 amide bonds. The minimum Gasteiger partial charge on any atom is -0.505 e. The zero-order valence-electron chi connectivity index (χ0n) is 5.54. The topological polar surface area (TPSA) is 63.3 Å². The van der Waals surface area contributed by atoms with Crippen LogP contribution < -0.4 is 5.73 Å². The van der Waals surface area contributed by atoms with Crippen LogP contribution in [-0.4, -0.2) is 11.4 Å². The number of benzene rings is 1. The van der Waals surface area contributed by atoms with Crippen molar-refractivity contribution in [3.8, 4) is 5.75 Å². The first-order chi connectivity index (χ1) is 5.16. The van der Waals surface area contributed by atoms with Crippen molar-refractivity contribution in [2.75, 3.05) is 5.73 Å². The molecule has 1 aromatic rings. The van der Waals surface area contributed by atoms with Gasteiger partial charge in [-0.25, -0.2) is 0 Å². The van der Waals surface area contributed by atoms with Gasteiger partial charge in [-0.3, -0.25) is 4.79 Å². The summed E-state index contributed by atoms with van der Waals surface area (Å²) < 4.78 is 0.340. The molecule has 11 heavy (non-hydrogen) atoms. The smallest absolute Gasteiger partial charge is 0.153 e. The lowest BCUT2D eigenvalue weighted by Crippen LogP contribution is -1.89. The molecule has 0 atom stereocenters. The minimum atomic E-state index is -0.0883. The summed E-state index contributed by atoms with van der Waals surface area (Å²) in [6, 6.07) is 3.01. The molecular formula is C7H6BrNO2. The highest BCUT2D eigenvalue weighted by Crippen LogP contribution is 2.31. The van der Waals surface area contributed by atoms with Gasteiger partial charge in [0.1, 0.15) is 0 Å². The summed E-state index contributed by atoms with van der Waals surface area (Å²) in [7, 11) is 0. The van der Waals surface area contributed by atoms with E-state index in [9.17, 15) is 9.90 Å². The first-order valence-electron chi connectivity index (χ1n) is 2.89. The van der Waals surface area contributed by atoms with Crippen molar-refractivity contribution < 1.29 is 9.90 Å². The fourth-order valence-electron chi connectivity index (χ4n) is 0.686. The molecule has 0 aliphatic rings. The second kappa shape index (κ2) is 2.92. The Bertz CT molecular complexity index is 299. The molecule has 0 bridgehead atoms. The zero-order chi connectivity index (χ0) is 8.43. The first kappa shape index (κ1) is 8.07. The molecule has 0 aliphatic heterocycles. The SMILES string of the molecule is Nc1ccc(C=O)c(Br)c1O. The van der Waals surface area contributed by atoms with Crippen molar-refractivity contribution in [1.29, 1.82) is 0 Å². The normalized spacial score (nSPS) is 9.55. The molecule has 1 aromatic carbocycles. The lowest BCUT2D eigenvalue weighted by atomic mass is 10.2. The van der Waals surface area contributed by atoms with Gasteiger partial charge < -0.3 is 10.8 Å². The first-order valence-corrected chi connectivity index (χ1v) is 3.68. The quantitative estimate of drug-likeness (QED) is 0.425. The van der Waals surface area contributed by atoms with Crippen molar-refractivity contribution in [3.05, 3.63) is 22.2 Å². The molecule has 0 radical (unpaired) electrons. The van der Waals surface area contributed by atoms with Crippen LogP contribution in [0.25, 0.3) is 0 Å². The van der Waals surface area contributed by atoms with E-state index in [2.05, 4.69) is 15.9 Å². The molecular weight excluding hydrogens is 210 g/mol. The maximum atomic E-state index is 10.3. The Hall–Kier alpha value is -1.03. The zero-order valence-corrected chi connectivity index (χ0v) is 7.13. The lowest BCUT2D eigenvalue weighted by molar-refractivity contribution is 0.112. The third-order valence-corrected chi connectivity index (χ3v) is 2.14. The van der Waals surface area contributed by atoms with Gasteiger partial charge in [-0.05, 0) is 28.1 Å². The van der Waals surface area contributed by atoms with E-state index >= 15 is 0 Å². The average molecular weight is 216 g/mol. The van der Waals surface area contributed by atoms with Crippen molar-refractivity contribution >= 4 is 27.9 Å². The van der Waals surface area contributed by atoms with E-state index in [4.69, 9.17) is 5.73 Å². The van der Waals surface area contributed by atoms with Crippen LogP contribution in [0.15, 0.2) is 16.6 Å². The van der Waals surface area contributed by atoms with Crippen molar-refractivity contribution in [1.82, 2.24) is 0 Å². The van der Waals surface area contributed by atoms with Crippen LogP contribution in [0.3, 0.4) is 0 Å². The van der Waals surface area contributed by atoms with Crippen LogP contribution in [0, 0.1) is 0 Å². The highest BCUT2D eigenvalue weighted by molar-refractivity contribution is 9.10. The number of halogens is 1. The summed E-state index contributed by atoms with van der Waals surface area (Å²) in [6.07, 6.45) is 0.642. The van der Waals surface area contributed by atoms with Crippen LogP contribution in [-0.2, 0) is 0 Å². The number of nitrogens with two attached hydrogens (primary N) is 1. The average Bonchev–Trinajstić information content (AvgIpc) is 2.01. The third-order valence-electron chi connectivity index (χ3n) is 1.30. The maximum Gasteiger partial charge on any atom is 0.153 e. The highest BCUT2D eigenvalue weighted by atomic mass is 79.9. The lowest BCUT2D eigenvalue weighted by Gasteiger charge is -2.01. The van der Waals surface area contributed by atoms with E-state index in [1.54, 1.807) is 0 Å². The number of carbonyl (C=O) groups excluding carboxylic acids is 1. The van der Waals surface area contributed by atoms with Gasteiger partial charge >= 0.3 is 0 Å². The highest BCUT2D eigenvalue weighted by Gasteiger charge is 2.06. The van der Waals surface area contributed by atoms with Crippen LogP contribution in [0.1, 0.15) is 10.4 Å². The third kappa shape index (κ3) is 1.35. The Balaban J connectivity index is 3.36. The fraction of sp³-hybridized carbons (Fsp3) is 0. The van der Waals surface area contributed by atoms with Crippen molar-refractivity contribution in [3.63, 3.8) is 0 Å². The van der Waals surface area contributed by atoms with E-state index < -0.39 is 0 Å². The van der Waals surface area contributed by atoms with Gasteiger partial charge in [0.25, 0.3) is 0 Å². The van der Waals surface area contributed by atoms with Crippen LogP contribution in [0.4, 0.5) is 5.69 Å². The molecule has 0 fully saturated rings. The summed E-state index contributed by atoms with van der Waals surface area (Å²) >= 11 is 3.03. The fourth-order valence-corrected chi connectivity index (χ4v) is 1.14. The second-order valence-electron chi connectivity index (χ2n) is 2.02. The minimum absolute atomic E-state index is 0.0883. The number of carbonyl (C=O) groups is 1. The molecule has 0 spiro atoms. The van der Waals surface area contributed by atoms with Gasteiger partial charge in [0.2, 0.25) is 0 Å². The number of aromatic hydroxyl groups is 1. The Labute approximate surface area is 72.0 Å². The maximum absolute atomic E-state index is 10.3. The second-order valence-corrected chi connectivity index (χ2v) is 2.82. The number of nitrogen functional groups attached to an aromatic ring is 1. The predicted octanol–water partition coefficient (Wildman–Crippen LogP) is 1.55. The van der Waals surface area contributed by atoms with Crippen LogP contribution in [0.2, 0.25) is 0 Å². The number of anilines is 1. The van der Waals surface area contributed by atoms with E-state index in [1.807, 2.05) is 0 Å². The molecule has 58 valence electrons. The van der Waals surface area contributed by atoms with Crippen LogP contribution in [0.5, 0.6) is 5.75 Å². The Morgan fingerprint density at radius 2 is 2.18 bits per heavy atom. The molecule has 1 rings (SSSR count). The molecule has 0 saturated heterocycles. The number of phenols is 1. The summed E-state index contributed by atoms with van der Waals surface area (Å²) in [5.74, 6) is -0.0883. The molecule has 3 nitrogen and oxygen atoms in total. The number of aldehydes is 1. The van der Waals surface area contributed by atoms with Gasteiger partial charge in [0.05, 0.1) is 10.2 Å². The Morgan fingerprint density at radius 1 is 1.55 bits per heavy atom. The van der Waals surface area contributed by atoms with Gasteiger partial charge in [-0.2, -0.15) is 0 Å². The Kier molecular flexibility index (Phi) is 2.14. The largest absolute Gasteiger partial charge is 0.505 e. The Morgan fingerprint density at radius 3 is 2.73 bits per heavy atom. The molecule has 0 heterocycles. The summed E-state index contributed by atoms with van der Waals surface area (Å²) in [6.45, 7) is 0. The number of phenolic OH excluding ortho intramolecular Hbond substituents is 1. The number of rotatable bonds is 1. The van der Waals surface area contributed by atoms with E-state index in [0.717, 1.165) is 0 Å². The number of hydrogen-bond acceptors (Lipinski definition) is 3. The number of hydrogen-bond donors (Lipinski definition) is 2. The molecule has 4 heteroatoms. The van der Waals surface area contributed by atoms with Gasteiger partial charge in [-0.15, -0.1) is 0 Å². The monoisotopic (exact) mass is 215 g/mol. The van der Waals surface area contributed by atoms with Crippen molar-refractivity contribution in [2.45, 2.75) is 0 Å². The predicted molar refractivity (Wildman–Crippen MR) is 45.6 cm³/mol. The summed E-state index contributed by atoms with van der Waals surface area (Å²) in [5.41, 5.74) is 5.99. The van der Waals surface area contributed by atoms with Gasteiger partial charge in [0.15, 0.2) is 12.0 Å². The molecule has 0 saturated carbocycles. The van der Waals surface area contributed by atoms with E-state index in [-0.39, 0.29) is 11.4 Å². The molecule has 3 N–H and O–H groups in total.